The molecule has 2 N–H and O–H groups in total. The van der Waals surface area contributed by atoms with E-state index >= 15 is 0 Å². The van der Waals surface area contributed by atoms with Crippen molar-refractivity contribution in [3.8, 4) is 0 Å². The van der Waals surface area contributed by atoms with E-state index in [4.69, 9.17) is 0 Å². The second-order valence-corrected chi connectivity index (χ2v) is 7.40. The summed E-state index contributed by atoms with van der Waals surface area (Å²) < 4.78 is 0. The van der Waals surface area contributed by atoms with Crippen LogP contribution in [0.15, 0.2) is 60.7 Å². The lowest BCUT2D eigenvalue weighted by Gasteiger charge is -2.37. The predicted molar refractivity (Wildman–Crippen MR) is 103 cm³/mol. The molecule has 27 heavy (non-hydrogen) atoms. The minimum absolute atomic E-state index is 0.00849. The molecule has 4 rings (SSSR count). The van der Waals surface area contributed by atoms with E-state index in [2.05, 4.69) is 53.8 Å². The van der Waals surface area contributed by atoms with Crippen LogP contribution < -0.4 is 10.2 Å². The van der Waals surface area contributed by atoms with Crippen molar-refractivity contribution in [1.29, 1.82) is 0 Å². The Morgan fingerprint density at radius 3 is 2.00 bits per heavy atom. The lowest BCUT2D eigenvalue weighted by Crippen LogP contribution is -3.15. The van der Waals surface area contributed by atoms with Gasteiger partial charge in [0.15, 0.2) is 0 Å². The summed E-state index contributed by atoms with van der Waals surface area (Å²) in [6.07, 6.45) is 1.09. The monoisotopic (exact) mass is 364 g/mol. The number of hydrogen-bond donors (Lipinski definition) is 2. The summed E-state index contributed by atoms with van der Waals surface area (Å²) in [5.41, 5.74) is 2.61. The fourth-order valence-corrected chi connectivity index (χ4v) is 4.28. The largest absolute Gasteiger partial charge is 0.344 e. The van der Waals surface area contributed by atoms with Gasteiger partial charge in [0.2, 0.25) is 11.8 Å². The summed E-state index contributed by atoms with van der Waals surface area (Å²) in [5, 5.41) is 2.80. The fraction of sp³-hybridized carbons (Fsp3) is 0.364. The fourth-order valence-electron chi connectivity index (χ4n) is 4.28. The number of quaternary nitrogens is 1. The van der Waals surface area contributed by atoms with Crippen LogP contribution >= 0.6 is 0 Å². The molecule has 2 aliphatic heterocycles. The molecule has 2 heterocycles. The number of carbonyl (C=O) groups is 2. The Bertz CT molecular complexity index is 746. The molecule has 0 bridgehead atoms. The Hall–Kier alpha value is -2.66. The summed E-state index contributed by atoms with van der Waals surface area (Å²) in [6, 6.07) is 21.2. The Kier molecular flexibility index (Phi) is 5.21. The van der Waals surface area contributed by atoms with Gasteiger partial charge < -0.3 is 15.1 Å². The predicted octanol–water partition coefficient (Wildman–Crippen LogP) is 0.782. The van der Waals surface area contributed by atoms with Crippen molar-refractivity contribution >= 4 is 11.8 Å². The molecule has 0 unspecified atom stereocenters. The molecule has 5 heteroatoms. The zero-order valence-corrected chi connectivity index (χ0v) is 15.4. The topological polar surface area (TPSA) is 53.9 Å². The van der Waals surface area contributed by atoms with Crippen LogP contribution in [0.3, 0.4) is 0 Å². The van der Waals surface area contributed by atoms with Gasteiger partial charge in [0.25, 0.3) is 0 Å². The van der Waals surface area contributed by atoms with Crippen LogP contribution in [-0.2, 0) is 9.59 Å². The van der Waals surface area contributed by atoms with Crippen molar-refractivity contribution in [3.05, 3.63) is 71.8 Å². The molecular weight excluding hydrogens is 338 g/mol. The van der Waals surface area contributed by atoms with Gasteiger partial charge in [-0.05, 0) is 6.42 Å². The van der Waals surface area contributed by atoms with Crippen molar-refractivity contribution in [1.82, 2.24) is 10.2 Å². The molecule has 140 valence electrons. The van der Waals surface area contributed by atoms with Gasteiger partial charge in [0.05, 0.1) is 26.2 Å². The van der Waals surface area contributed by atoms with E-state index in [0.29, 0.717) is 12.8 Å². The molecule has 2 aromatic rings. The lowest BCUT2D eigenvalue weighted by molar-refractivity contribution is -0.929. The first kappa shape index (κ1) is 17.7. The van der Waals surface area contributed by atoms with Crippen molar-refractivity contribution in [2.45, 2.75) is 24.9 Å². The van der Waals surface area contributed by atoms with E-state index in [0.717, 1.165) is 26.2 Å². The van der Waals surface area contributed by atoms with Gasteiger partial charge in [-0.3, -0.25) is 9.59 Å². The summed E-state index contributed by atoms with van der Waals surface area (Å²) in [6.45, 7) is 3.27. The SMILES string of the molecule is O=C1CC[C@H](C(=O)N2CC[NH+](C(c3ccccc3)c3ccccc3)CC2)N1. The van der Waals surface area contributed by atoms with Crippen molar-refractivity contribution in [3.63, 3.8) is 0 Å². The average molecular weight is 364 g/mol. The summed E-state index contributed by atoms with van der Waals surface area (Å²) in [7, 11) is 0. The zero-order valence-electron chi connectivity index (χ0n) is 15.4. The number of benzene rings is 2. The van der Waals surface area contributed by atoms with Crippen LogP contribution in [-0.4, -0.2) is 48.9 Å². The van der Waals surface area contributed by atoms with Crippen molar-refractivity contribution < 1.29 is 14.5 Å². The molecule has 0 radical (unpaired) electrons. The van der Waals surface area contributed by atoms with Crippen LogP contribution in [0.1, 0.15) is 30.0 Å². The smallest absolute Gasteiger partial charge is 0.245 e. The third kappa shape index (κ3) is 3.88. The van der Waals surface area contributed by atoms with Crippen molar-refractivity contribution in [2.75, 3.05) is 26.2 Å². The van der Waals surface area contributed by atoms with Crippen LogP contribution in [0, 0.1) is 0 Å². The minimum atomic E-state index is -0.321. The lowest BCUT2D eigenvalue weighted by atomic mass is 9.96. The van der Waals surface area contributed by atoms with E-state index in [9.17, 15) is 9.59 Å². The maximum atomic E-state index is 12.7. The van der Waals surface area contributed by atoms with E-state index in [1.165, 1.54) is 16.0 Å². The molecule has 5 nitrogen and oxygen atoms in total. The van der Waals surface area contributed by atoms with E-state index in [1.807, 2.05) is 17.0 Å². The highest BCUT2D eigenvalue weighted by molar-refractivity contribution is 5.90. The Morgan fingerprint density at radius 1 is 0.963 bits per heavy atom. The molecule has 0 spiro atoms. The molecule has 2 amide bonds. The van der Waals surface area contributed by atoms with Gasteiger partial charge in [0.1, 0.15) is 12.1 Å². The van der Waals surface area contributed by atoms with Crippen LogP contribution in [0.2, 0.25) is 0 Å². The summed E-state index contributed by atoms with van der Waals surface area (Å²) in [4.78, 5) is 27.5. The first-order valence-electron chi connectivity index (χ1n) is 9.75. The van der Waals surface area contributed by atoms with Gasteiger partial charge in [0, 0.05) is 17.5 Å². The average Bonchev–Trinajstić information content (AvgIpc) is 3.16. The first-order valence-corrected chi connectivity index (χ1v) is 9.75. The van der Waals surface area contributed by atoms with Crippen LogP contribution in [0.25, 0.3) is 0 Å². The highest BCUT2D eigenvalue weighted by Crippen LogP contribution is 2.19. The third-order valence-corrected chi connectivity index (χ3v) is 5.68. The van der Waals surface area contributed by atoms with Crippen molar-refractivity contribution in [2.24, 2.45) is 0 Å². The number of carbonyl (C=O) groups excluding carboxylic acids is 2. The first-order chi connectivity index (χ1) is 13.2. The standard InChI is InChI=1S/C22H25N3O2/c26-20-12-11-19(23-20)22(27)25-15-13-24(14-16-25)21(17-7-3-1-4-8-17)18-9-5-2-6-10-18/h1-10,19,21H,11-16H2,(H,23,26)/p+1/t19-/m1/s1. The number of rotatable bonds is 4. The second kappa shape index (κ2) is 7.92. The molecule has 0 aromatic heterocycles. The molecule has 2 fully saturated rings. The molecule has 0 aliphatic carbocycles. The van der Waals surface area contributed by atoms with Gasteiger partial charge in [-0.2, -0.15) is 0 Å². The van der Waals surface area contributed by atoms with Gasteiger partial charge in [-0.1, -0.05) is 60.7 Å². The number of nitrogens with one attached hydrogen (secondary N) is 2. The number of amides is 2. The van der Waals surface area contributed by atoms with Crippen LogP contribution in [0.4, 0.5) is 0 Å². The maximum absolute atomic E-state index is 12.7. The molecule has 2 aliphatic rings. The van der Waals surface area contributed by atoms with E-state index in [1.54, 1.807) is 0 Å². The summed E-state index contributed by atoms with van der Waals surface area (Å²) in [5.74, 6) is 0.0710. The number of piperazine rings is 1. The molecule has 2 aromatic carbocycles. The normalized spacial score (nSPS) is 20.7. The van der Waals surface area contributed by atoms with E-state index < -0.39 is 0 Å². The molecule has 0 saturated carbocycles. The molecular formula is C22H26N3O2+. The maximum Gasteiger partial charge on any atom is 0.245 e. The van der Waals surface area contributed by atoms with Crippen LogP contribution in [0.5, 0.6) is 0 Å². The minimum Gasteiger partial charge on any atom is -0.344 e. The number of hydrogen-bond acceptors (Lipinski definition) is 2. The Balaban J connectivity index is 1.47. The third-order valence-electron chi connectivity index (χ3n) is 5.68. The number of nitrogens with zero attached hydrogens (tertiary/aromatic N) is 1. The Morgan fingerprint density at radius 2 is 1.52 bits per heavy atom. The second-order valence-electron chi connectivity index (χ2n) is 7.40. The quantitative estimate of drug-likeness (QED) is 0.843. The summed E-state index contributed by atoms with van der Waals surface area (Å²) >= 11 is 0. The van der Waals surface area contributed by atoms with Gasteiger partial charge in [-0.25, -0.2) is 0 Å². The highest BCUT2D eigenvalue weighted by atomic mass is 16.2. The van der Waals surface area contributed by atoms with E-state index in [-0.39, 0.29) is 23.9 Å². The molecule has 2 saturated heterocycles. The van der Waals surface area contributed by atoms with Gasteiger partial charge >= 0.3 is 0 Å². The van der Waals surface area contributed by atoms with Gasteiger partial charge in [-0.15, -0.1) is 0 Å². The molecule has 1 atom stereocenters. The Labute approximate surface area is 160 Å². The highest BCUT2D eigenvalue weighted by Gasteiger charge is 2.35. The zero-order chi connectivity index (χ0) is 18.6.